The van der Waals surface area contributed by atoms with Crippen LogP contribution in [0.1, 0.15) is 30.5 Å². The molecule has 0 saturated carbocycles. The van der Waals surface area contributed by atoms with Crippen molar-refractivity contribution in [1.29, 1.82) is 0 Å². The Morgan fingerprint density at radius 2 is 1.86 bits per heavy atom. The molecule has 0 amide bonds. The number of benzene rings is 1. The van der Waals surface area contributed by atoms with Crippen molar-refractivity contribution in [3.63, 3.8) is 0 Å². The van der Waals surface area contributed by atoms with Gasteiger partial charge in [-0.15, -0.1) is 0 Å². The van der Waals surface area contributed by atoms with Gasteiger partial charge in [-0.05, 0) is 38.2 Å². The minimum Gasteiger partial charge on any atom is -0.481 e. The number of aliphatic hydroxyl groups is 1. The van der Waals surface area contributed by atoms with E-state index in [-0.39, 0.29) is 13.0 Å². The predicted octanol–water partition coefficient (Wildman–Crippen LogP) is 2.27. The van der Waals surface area contributed by atoms with Crippen molar-refractivity contribution in [2.45, 2.75) is 38.7 Å². The van der Waals surface area contributed by atoms with Crippen LogP contribution in [0.3, 0.4) is 0 Å². The fraction of sp³-hybridized carbons (Fsp3) is 0.500. The molecule has 7 nitrogen and oxygen atoms in total. The molecule has 2 aliphatic heterocycles. The fourth-order valence-electron chi connectivity index (χ4n) is 4.45. The SMILES string of the molecule is Cc1cc(N2CC[C@H](O)[C@](Cc3ccccc3)(C(=O)O)C2)nc(N2CCCC2)n1. The highest BCUT2D eigenvalue weighted by molar-refractivity contribution is 5.77. The summed E-state index contributed by atoms with van der Waals surface area (Å²) in [7, 11) is 0. The van der Waals surface area contributed by atoms with Crippen LogP contribution in [-0.2, 0) is 11.2 Å². The first-order chi connectivity index (χ1) is 14.0. The number of aryl methyl sites for hydroxylation is 1. The normalized spacial score (nSPS) is 24.7. The molecule has 0 aliphatic carbocycles. The van der Waals surface area contributed by atoms with E-state index in [0.717, 1.165) is 43.0 Å². The summed E-state index contributed by atoms with van der Waals surface area (Å²) in [6.45, 7) is 4.64. The topological polar surface area (TPSA) is 89.8 Å². The van der Waals surface area contributed by atoms with Crippen LogP contribution in [-0.4, -0.2) is 58.4 Å². The Bertz CT molecular complexity index is 870. The second-order valence-electron chi connectivity index (χ2n) is 8.21. The maximum atomic E-state index is 12.4. The number of nitrogens with zero attached hydrogens (tertiary/aromatic N) is 4. The van der Waals surface area contributed by atoms with Gasteiger partial charge in [0.15, 0.2) is 0 Å². The first kappa shape index (κ1) is 19.6. The molecule has 7 heteroatoms. The van der Waals surface area contributed by atoms with Crippen LogP contribution in [0.25, 0.3) is 0 Å². The van der Waals surface area contributed by atoms with Gasteiger partial charge in [0.1, 0.15) is 11.2 Å². The van der Waals surface area contributed by atoms with E-state index < -0.39 is 17.5 Å². The summed E-state index contributed by atoms with van der Waals surface area (Å²) < 4.78 is 0. The Morgan fingerprint density at radius 1 is 1.14 bits per heavy atom. The van der Waals surface area contributed by atoms with Gasteiger partial charge < -0.3 is 20.0 Å². The number of aromatic nitrogens is 2. The third-order valence-corrected chi connectivity index (χ3v) is 6.11. The lowest BCUT2D eigenvalue weighted by molar-refractivity contribution is -0.157. The van der Waals surface area contributed by atoms with Crippen LogP contribution in [0, 0.1) is 12.3 Å². The van der Waals surface area contributed by atoms with Gasteiger partial charge in [0.25, 0.3) is 0 Å². The Balaban J connectivity index is 1.64. The zero-order valence-corrected chi connectivity index (χ0v) is 16.8. The van der Waals surface area contributed by atoms with Crippen LogP contribution in [0.5, 0.6) is 0 Å². The molecule has 1 aromatic heterocycles. The number of piperidine rings is 1. The number of aliphatic carboxylic acids is 1. The Morgan fingerprint density at radius 3 is 2.55 bits per heavy atom. The first-order valence-corrected chi connectivity index (χ1v) is 10.3. The van der Waals surface area contributed by atoms with Gasteiger partial charge in [0, 0.05) is 37.9 Å². The number of anilines is 2. The third kappa shape index (κ3) is 3.92. The van der Waals surface area contributed by atoms with Crippen molar-refractivity contribution >= 4 is 17.7 Å². The van der Waals surface area contributed by atoms with Crippen molar-refractivity contribution in [2.24, 2.45) is 5.41 Å². The fourth-order valence-corrected chi connectivity index (χ4v) is 4.45. The monoisotopic (exact) mass is 396 g/mol. The maximum absolute atomic E-state index is 12.4. The van der Waals surface area contributed by atoms with Crippen LogP contribution in [0.4, 0.5) is 11.8 Å². The molecule has 2 N–H and O–H groups in total. The zero-order chi connectivity index (χ0) is 20.4. The average molecular weight is 396 g/mol. The van der Waals surface area contributed by atoms with E-state index in [0.29, 0.717) is 18.9 Å². The van der Waals surface area contributed by atoms with Gasteiger partial charge in [-0.2, -0.15) is 4.98 Å². The maximum Gasteiger partial charge on any atom is 0.314 e. The summed E-state index contributed by atoms with van der Waals surface area (Å²) in [5.41, 5.74) is 0.506. The van der Waals surface area contributed by atoms with E-state index >= 15 is 0 Å². The molecule has 2 aromatic rings. The molecule has 0 bridgehead atoms. The van der Waals surface area contributed by atoms with Gasteiger partial charge in [0.05, 0.1) is 6.10 Å². The second kappa shape index (κ2) is 7.99. The van der Waals surface area contributed by atoms with Gasteiger partial charge in [-0.1, -0.05) is 30.3 Å². The van der Waals surface area contributed by atoms with Crippen molar-refractivity contribution in [3.05, 3.63) is 47.7 Å². The summed E-state index contributed by atoms with van der Waals surface area (Å²) in [4.78, 5) is 25.9. The molecule has 2 saturated heterocycles. The molecule has 29 heavy (non-hydrogen) atoms. The smallest absolute Gasteiger partial charge is 0.314 e. The van der Waals surface area contributed by atoms with Crippen molar-refractivity contribution < 1.29 is 15.0 Å². The molecular weight excluding hydrogens is 368 g/mol. The second-order valence-corrected chi connectivity index (χ2v) is 8.21. The highest BCUT2D eigenvalue weighted by Crippen LogP contribution is 2.36. The molecule has 3 heterocycles. The predicted molar refractivity (Wildman–Crippen MR) is 111 cm³/mol. The van der Waals surface area contributed by atoms with E-state index in [1.807, 2.05) is 48.2 Å². The Kier molecular flexibility index (Phi) is 5.41. The summed E-state index contributed by atoms with van der Waals surface area (Å²) in [6.07, 6.45) is 2.05. The molecule has 2 aliphatic rings. The Labute approximate surface area is 171 Å². The molecule has 2 fully saturated rings. The lowest BCUT2D eigenvalue weighted by atomic mass is 9.73. The van der Waals surface area contributed by atoms with E-state index in [1.54, 1.807) is 0 Å². The van der Waals surface area contributed by atoms with E-state index in [1.165, 1.54) is 0 Å². The molecule has 0 radical (unpaired) electrons. The summed E-state index contributed by atoms with van der Waals surface area (Å²) in [5.74, 6) is 0.488. The number of carboxylic acids is 1. The Hall–Kier alpha value is -2.67. The van der Waals surface area contributed by atoms with Gasteiger partial charge in [-0.3, -0.25) is 4.79 Å². The lowest BCUT2D eigenvalue weighted by Crippen LogP contribution is -2.57. The molecular formula is C22H28N4O3. The van der Waals surface area contributed by atoms with Gasteiger partial charge in [-0.25, -0.2) is 4.98 Å². The number of aliphatic hydroxyl groups excluding tert-OH is 1. The standard InChI is InChI=1S/C22H28N4O3/c1-16-13-19(24-21(23-16)25-10-5-6-11-25)26-12-9-18(27)22(15-26,20(28)29)14-17-7-3-2-4-8-17/h2-4,7-8,13,18,27H,5-6,9-12,14-15H2,1H3,(H,28,29)/t18-,22+/m0/s1. The minimum atomic E-state index is -1.27. The molecule has 154 valence electrons. The summed E-state index contributed by atoms with van der Waals surface area (Å²) in [6, 6.07) is 11.4. The van der Waals surface area contributed by atoms with Crippen LogP contribution in [0.15, 0.2) is 36.4 Å². The molecule has 4 rings (SSSR count). The average Bonchev–Trinajstić information content (AvgIpc) is 3.25. The van der Waals surface area contributed by atoms with Gasteiger partial charge >= 0.3 is 5.97 Å². The van der Waals surface area contributed by atoms with Crippen molar-refractivity contribution in [3.8, 4) is 0 Å². The van der Waals surface area contributed by atoms with Crippen LogP contribution >= 0.6 is 0 Å². The minimum absolute atomic E-state index is 0.217. The zero-order valence-electron chi connectivity index (χ0n) is 16.8. The highest BCUT2D eigenvalue weighted by Gasteiger charge is 2.49. The van der Waals surface area contributed by atoms with Crippen LogP contribution in [0.2, 0.25) is 0 Å². The van der Waals surface area contributed by atoms with Gasteiger partial charge in [0.2, 0.25) is 5.95 Å². The molecule has 2 atom stereocenters. The van der Waals surface area contributed by atoms with Crippen molar-refractivity contribution in [1.82, 2.24) is 9.97 Å². The van der Waals surface area contributed by atoms with E-state index in [4.69, 9.17) is 4.98 Å². The third-order valence-electron chi connectivity index (χ3n) is 6.11. The number of hydrogen-bond acceptors (Lipinski definition) is 6. The summed E-state index contributed by atoms with van der Waals surface area (Å²) in [5, 5.41) is 20.9. The molecule has 0 spiro atoms. The number of rotatable bonds is 5. The highest BCUT2D eigenvalue weighted by atomic mass is 16.4. The number of hydrogen-bond donors (Lipinski definition) is 2. The summed E-state index contributed by atoms with van der Waals surface area (Å²) >= 11 is 0. The first-order valence-electron chi connectivity index (χ1n) is 10.3. The van der Waals surface area contributed by atoms with E-state index in [2.05, 4.69) is 9.88 Å². The van der Waals surface area contributed by atoms with Crippen molar-refractivity contribution in [2.75, 3.05) is 36.0 Å². The molecule has 1 aromatic carbocycles. The number of carbonyl (C=O) groups is 1. The molecule has 0 unspecified atom stereocenters. The lowest BCUT2D eigenvalue weighted by Gasteiger charge is -2.44. The largest absolute Gasteiger partial charge is 0.481 e. The van der Waals surface area contributed by atoms with E-state index in [9.17, 15) is 15.0 Å². The number of carboxylic acid groups (broad SMARTS) is 1. The van der Waals surface area contributed by atoms with Crippen LogP contribution < -0.4 is 9.80 Å². The quantitative estimate of drug-likeness (QED) is 0.801.